The Morgan fingerprint density at radius 2 is 2.26 bits per heavy atom. The normalized spacial score (nSPS) is 14.3. The molecule has 2 N–H and O–H groups in total. The number of pyridine rings is 1. The van der Waals surface area contributed by atoms with Crippen molar-refractivity contribution in [3.05, 3.63) is 45.2 Å². The summed E-state index contributed by atoms with van der Waals surface area (Å²) in [4.78, 5) is 5.67. The highest BCUT2D eigenvalue weighted by atomic mass is 35.5. The van der Waals surface area contributed by atoms with Gasteiger partial charge in [-0.1, -0.05) is 30.3 Å². The number of rotatable bonds is 5. The highest BCUT2D eigenvalue weighted by Crippen LogP contribution is 2.42. The van der Waals surface area contributed by atoms with Crippen LogP contribution in [0.25, 0.3) is 0 Å². The molecule has 2 heterocycles. The number of aryl methyl sites for hydroxylation is 1. The van der Waals surface area contributed by atoms with Crippen molar-refractivity contribution in [3.8, 4) is 0 Å². The van der Waals surface area contributed by atoms with Crippen molar-refractivity contribution in [2.75, 3.05) is 0 Å². The van der Waals surface area contributed by atoms with Crippen LogP contribution in [0.15, 0.2) is 34.8 Å². The van der Waals surface area contributed by atoms with Gasteiger partial charge in [-0.3, -0.25) is 0 Å². The summed E-state index contributed by atoms with van der Waals surface area (Å²) in [5.74, 6) is 0. The second-order valence-corrected chi connectivity index (χ2v) is 6.85. The van der Waals surface area contributed by atoms with Gasteiger partial charge in [0.05, 0.1) is 10.3 Å². The predicted octanol–water partition coefficient (Wildman–Crippen LogP) is 4.68. The molecule has 2 atom stereocenters. The molecule has 2 aromatic rings. The smallest absolute Gasteiger partial charge is 0.115 e. The van der Waals surface area contributed by atoms with Crippen LogP contribution in [-0.2, 0) is 0 Å². The minimum absolute atomic E-state index is 0.0976. The van der Waals surface area contributed by atoms with Gasteiger partial charge in [-0.05, 0) is 42.5 Å². The maximum atomic E-state index is 6.29. The molecule has 19 heavy (non-hydrogen) atoms. The lowest BCUT2D eigenvalue weighted by Gasteiger charge is -2.22. The minimum Gasteiger partial charge on any atom is -0.326 e. The lowest BCUT2D eigenvalue weighted by Crippen LogP contribution is -2.25. The van der Waals surface area contributed by atoms with Gasteiger partial charge >= 0.3 is 0 Å². The molecular formula is C14H17ClN2S2. The van der Waals surface area contributed by atoms with E-state index in [0.717, 1.165) is 11.4 Å². The number of halogens is 1. The molecule has 0 aliphatic rings. The first-order valence-corrected chi connectivity index (χ1v) is 8.34. The van der Waals surface area contributed by atoms with Crippen LogP contribution in [0.5, 0.6) is 0 Å². The summed E-state index contributed by atoms with van der Waals surface area (Å²) in [5.41, 5.74) is 7.58. The molecule has 0 bridgehead atoms. The van der Waals surface area contributed by atoms with E-state index < -0.39 is 0 Å². The van der Waals surface area contributed by atoms with Crippen LogP contribution in [-0.4, -0.2) is 11.0 Å². The molecule has 0 aromatic carbocycles. The zero-order chi connectivity index (χ0) is 13.8. The quantitative estimate of drug-likeness (QED) is 0.815. The monoisotopic (exact) mass is 312 g/mol. The SMILES string of the molecule is CCC(N)C(Sc1ncccc1Cl)c1sccc1C. The largest absolute Gasteiger partial charge is 0.326 e. The third kappa shape index (κ3) is 3.51. The van der Waals surface area contributed by atoms with E-state index in [0.29, 0.717) is 5.02 Å². The Labute approximate surface area is 127 Å². The lowest BCUT2D eigenvalue weighted by molar-refractivity contribution is 0.637. The van der Waals surface area contributed by atoms with Gasteiger partial charge in [-0.25, -0.2) is 4.98 Å². The molecule has 0 amide bonds. The Hall–Kier alpha value is -0.550. The number of thioether (sulfide) groups is 1. The molecule has 0 radical (unpaired) electrons. The molecular weight excluding hydrogens is 296 g/mol. The van der Waals surface area contributed by atoms with Gasteiger partial charge in [0.2, 0.25) is 0 Å². The molecule has 5 heteroatoms. The first-order valence-electron chi connectivity index (χ1n) is 6.20. The van der Waals surface area contributed by atoms with E-state index in [9.17, 15) is 0 Å². The Morgan fingerprint density at radius 1 is 1.47 bits per heavy atom. The summed E-state index contributed by atoms with van der Waals surface area (Å²) in [6.07, 6.45) is 2.70. The van der Waals surface area contributed by atoms with Gasteiger partial charge in [-0.2, -0.15) is 0 Å². The van der Waals surface area contributed by atoms with Crippen molar-refractivity contribution in [2.24, 2.45) is 5.73 Å². The molecule has 0 saturated heterocycles. The van der Waals surface area contributed by atoms with Gasteiger partial charge in [0, 0.05) is 17.1 Å². The Kier molecular flexibility index (Phi) is 5.28. The molecule has 0 aliphatic heterocycles. The van der Waals surface area contributed by atoms with E-state index in [1.54, 1.807) is 29.3 Å². The first kappa shape index (κ1) is 14.9. The van der Waals surface area contributed by atoms with Gasteiger partial charge in [-0.15, -0.1) is 11.3 Å². The van der Waals surface area contributed by atoms with E-state index in [2.05, 4.69) is 30.3 Å². The molecule has 0 fully saturated rings. The van der Waals surface area contributed by atoms with Gasteiger partial charge < -0.3 is 5.73 Å². The minimum atomic E-state index is 0.0976. The lowest BCUT2D eigenvalue weighted by atomic mass is 10.1. The zero-order valence-corrected chi connectivity index (χ0v) is 13.4. The molecule has 2 nitrogen and oxygen atoms in total. The zero-order valence-electron chi connectivity index (χ0n) is 11.0. The van der Waals surface area contributed by atoms with Gasteiger partial charge in [0.25, 0.3) is 0 Å². The fourth-order valence-corrected chi connectivity index (χ4v) is 4.55. The number of nitrogens with zero attached hydrogens (tertiary/aromatic N) is 1. The summed E-state index contributed by atoms with van der Waals surface area (Å²) in [7, 11) is 0. The van der Waals surface area contributed by atoms with Crippen LogP contribution in [0.4, 0.5) is 0 Å². The maximum absolute atomic E-state index is 6.29. The number of aromatic nitrogens is 1. The van der Waals surface area contributed by atoms with E-state index >= 15 is 0 Å². The second kappa shape index (κ2) is 6.75. The molecule has 102 valence electrons. The number of nitrogens with two attached hydrogens (primary N) is 1. The summed E-state index contributed by atoms with van der Waals surface area (Å²) in [5, 5.41) is 3.86. The van der Waals surface area contributed by atoms with Crippen LogP contribution in [0.1, 0.15) is 29.0 Å². The Bertz CT molecular complexity index is 542. The molecule has 0 spiro atoms. The average Bonchev–Trinajstić information content (AvgIpc) is 2.83. The molecule has 2 unspecified atom stereocenters. The first-order chi connectivity index (χ1) is 9.13. The van der Waals surface area contributed by atoms with Crippen LogP contribution in [0.3, 0.4) is 0 Å². The van der Waals surface area contributed by atoms with E-state index in [1.165, 1.54) is 10.4 Å². The fraction of sp³-hybridized carbons (Fsp3) is 0.357. The number of hydrogen-bond donors (Lipinski definition) is 1. The Morgan fingerprint density at radius 3 is 2.84 bits per heavy atom. The molecule has 0 saturated carbocycles. The van der Waals surface area contributed by atoms with Crippen molar-refractivity contribution in [1.29, 1.82) is 0 Å². The molecule has 2 rings (SSSR count). The molecule has 2 aromatic heterocycles. The summed E-state index contributed by atoms with van der Waals surface area (Å²) in [6, 6.07) is 5.95. The van der Waals surface area contributed by atoms with Crippen molar-refractivity contribution in [1.82, 2.24) is 4.98 Å². The number of hydrogen-bond acceptors (Lipinski definition) is 4. The Balaban J connectivity index is 2.30. The van der Waals surface area contributed by atoms with Crippen LogP contribution in [0, 0.1) is 6.92 Å². The topological polar surface area (TPSA) is 38.9 Å². The molecule has 0 aliphatic carbocycles. The fourth-order valence-electron chi connectivity index (χ4n) is 1.80. The maximum Gasteiger partial charge on any atom is 0.115 e. The number of thiophene rings is 1. The third-order valence-corrected chi connectivity index (χ3v) is 6.04. The van der Waals surface area contributed by atoms with E-state index in [4.69, 9.17) is 17.3 Å². The summed E-state index contributed by atoms with van der Waals surface area (Å²) < 4.78 is 0. The standard InChI is InChI=1S/C14H17ClN2S2/c1-3-11(16)13(12-9(2)6-8-18-12)19-14-10(15)5-4-7-17-14/h4-8,11,13H,3,16H2,1-2H3. The third-order valence-electron chi connectivity index (χ3n) is 2.98. The van der Waals surface area contributed by atoms with Crippen molar-refractivity contribution in [2.45, 2.75) is 36.6 Å². The van der Waals surface area contributed by atoms with Crippen molar-refractivity contribution in [3.63, 3.8) is 0 Å². The summed E-state index contributed by atoms with van der Waals surface area (Å²) >= 11 is 9.61. The second-order valence-electron chi connectivity index (χ2n) is 4.37. The predicted molar refractivity (Wildman–Crippen MR) is 85.2 cm³/mol. The highest BCUT2D eigenvalue weighted by molar-refractivity contribution is 7.99. The van der Waals surface area contributed by atoms with Crippen molar-refractivity contribution < 1.29 is 0 Å². The summed E-state index contributed by atoms with van der Waals surface area (Å²) in [6.45, 7) is 4.24. The van der Waals surface area contributed by atoms with Crippen LogP contribution < -0.4 is 5.73 Å². The van der Waals surface area contributed by atoms with E-state index in [1.807, 2.05) is 12.1 Å². The highest BCUT2D eigenvalue weighted by Gasteiger charge is 2.24. The van der Waals surface area contributed by atoms with Crippen LogP contribution in [0.2, 0.25) is 5.02 Å². The van der Waals surface area contributed by atoms with Crippen molar-refractivity contribution >= 4 is 34.7 Å². The van der Waals surface area contributed by atoms with Gasteiger partial charge in [0.15, 0.2) is 0 Å². The van der Waals surface area contributed by atoms with Crippen LogP contribution >= 0.6 is 34.7 Å². The average molecular weight is 313 g/mol. The van der Waals surface area contributed by atoms with Gasteiger partial charge in [0.1, 0.15) is 5.03 Å². The van der Waals surface area contributed by atoms with E-state index in [-0.39, 0.29) is 11.3 Å².